The highest BCUT2D eigenvalue weighted by molar-refractivity contribution is 6.27. The molecule has 0 aliphatic carbocycles. The van der Waals surface area contributed by atoms with Crippen molar-refractivity contribution in [3.05, 3.63) is 66.7 Å². The van der Waals surface area contributed by atoms with E-state index in [4.69, 9.17) is 5.73 Å². The minimum absolute atomic E-state index is 0.813. The van der Waals surface area contributed by atoms with E-state index in [-0.39, 0.29) is 0 Å². The lowest BCUT2D eigenvalue weighted by Crippen LogP contribution is -1.89. The van der Waals surface area contributed by atoms with Crippen LogP contribution >= 0.6 is 0 Å². The van der Waals surface area contributed by atoms with Crippen LogP contribution in [0.25, 0.3) is 32.3 Å². The zero-order chi connectivity index (χ0) is 12.8. The molecule has 0 atom stereocenters. The molecule has 2 N–H and O–H groups in total. The molecule has 0 saturated carbocycles. The molecule has 0 amide bonds. The highest BCUT2D eigenvalue weighted by atomic mass is 14.5. The standard InChI is InChI=1S/C18H11N/c19-17-11-5-10-16-14-7-2-1-6-12(14)13-8-3-4-9-15(13)18(16)17/h1-2,4-7,9-11H,19H2. The predicted octanol–water partition coefficient (Wildman–Crippen LogP) is 4.33. The van der Waals surface area contributed by atoms with Crippen LogP contribution in [0.2, 0.25) is 0 Å². The Morgan fingerprint density at radius 2 is 1.53 bits per heavy atom. The maximum absolute atomic E-state index is 6.19. The Bertz CT molecular complexity index is 877. The van der Waals surface area contributed by atoms with E-state index in [1.165, 1.54) is 16.2 Å². The molecular formula is C18H11N. The number of hydrogen-bond acceptors (Lipinski definition) is 1. The predicted molar refractivity (Wildman–Crippen MR) is 81.0 cm³/mol. The van der Waals surface area contributed by atoms with Crippen molar-refractivity contribution in [2.75, 3.05) is 5.73 Å². The summed E-state index contributed by atoms with van der Waals surface area (Å²) in [6.07, 6.45) is 0. The second-order valence-electron chi connectivity index (χ2n) is 4.71. The molecule has 0 fully saturated rings. The van der Waals surface area contributed by atoms with Gasteiger partial charge in [-0.2, -0.15) is 0 Å². The van der Waals surface area contributed by atoms with Gasteiger partial charge in [0.05, 0.1) is 0 Å². The van der Waals surface area contributed by atoms with E-state index in [9.17, 15) is 0 Å². The van der Waals surface area contributed by atoms with Crippen LogP contribution in [0.15, 0.2) is 54.6 Å². The lowest BCUT2D eigenvalue weighted by Gasteiger charge is -2.10. The van der Waals surface area contributed by atoms with Gasteiger partial charge < -0.3 is 5.73 Å². The Morgan fingerprint density at radius 1 is 0.737 bits per heavy atom. The molecule has 4 aromatic carbocycles. The van der Waals surface area contributed by atoms with E-state index < -0.39 is 0 Å². The molecule has 88 valence electrons. The maximum Gasteiger partial charge on any atom is 0.0407 e. The van der Waals surface area contributed by atoms with E-state index in [0.29, 0.717) is 0 Å². The van der Waals surface area contributed by atoms with E-state index in [1.54, 1.807) is 0 Å². The third-order valence-corrected chi connectivity index (χ3v) is 3.65. The van der Waals surface area contributed by atoms with Crippen LogP contribution in [-0.4, -0.2) is 0 Å². The van der Waals surface area contributed by atoms with Gasteiger partial charge in [0, 0.05) is 21.8 Å². The van der Waals surface area contributed by atoms with Crippen molar-refractivity contribution in [1.82, 2.24) is 0 Å². The van der Waals surface area contributed by atoms with Crippen LogP contribution < -0.4 is 5.73 Å². The highest BCUT2D eigenvalue weighted by Gasteiger charge is 2.09. The van der Waals surface area contributed by atoms with Crippen molar-refractivity contribution in [2.24, 2.45) is 0 Å². The van der Waals surface area contributed by atoms with Crippen LogP contribution in [0.3, 0.4) is 0 Å². The number of nitrogens with two attached hydrogens (primary N) is 1. The van der Waals surface area contributed by atoms with Crippen LogP contribution in [0.1, 0.15) is 0 Å². The fourth-order valence-electron chi connectivity index (χ4n) is 2.84. The van der Waals surface area contributed by atoms with Gasteiger partial charge in [-0.15, -0.1) is 0 Å². The van der Waals surface area contributed by atoms with Crippen molar-refractivity contribution in [3.63, 3.8) is 0 Å². The quantitative estimate of drug-likeness (QED) is 0.360. The Hall–Kier alpha value is -2.72. The maximum atomic E-state index is 6.19. The highest BCUT2D eigenvalue weighted by Crippen LogP contribution is 2.36. The normalized spacial score (nSPS) is 10.9. The minimum atomic E-state index is 0.813. The van der Waals surface area contributed by atoms with Crippen LogP contribution in [0.5, 0.6) is 0 Å². The molecule has 0 spiro atoms. The topological polar surface area (TPSA) is 26.0 Å². The Morgan fingerprint density at radius 3 is 2.42 bits per heavy atom. The van der Waals surface area contributed by atoms with Gasteiger partial charge in [0.2, 0.25) is 0 Å². The smallest absolute Gasteiger partial charge is 0.0407 e. The first-order valence-electron chi connectivity index (χ1n) is 6.27. The molecular weight excluding hydrogens is 230 g/mol. The van der Waals surface area contributed by atoms with Crippen molar-refractivity contribution in [2.45, 2.75) is 0 Å². The Kier molecular flexibility index (Phi) is 1.96. The summed E-state index contributed by atoms with van der Waals surface area (Å²) in [5, 5.41) is 6.96. The lowest BCUT2D eigenvalue weighted by molar-refractivity contribution is 1.76. The fraction of sp³-hybridized carbons (Fsp3) is 0. The monoisotopic (exact) mass is 241 g/mol. The van der Waals surface area contributed by atoms with Gasteiger partial charge in [-0.05, 0) is 34.4 Å². The van der Waals surface area contributed by atoms with Crippen molar-refractivity contribution >= 4 is 38.0 Å². The van der Waals surface area contributed by atoms with E-state index in [2.05, 4.69) is 48.5 Å². The number of hydrogen-bond donors (Lipinski definition) is 1. The molecule has 1 nitrogen and oxygen atoms in total. The molecule has 0 aliphatic heterocycles. The molecule has 0 bridgehead atoms. The van der Waals surface area contributed by atoms with Gasteiger partial charge in [-0.1, -0.05) is 48.5 Å². The van der Waals surface area contributed by atoms with Crippen molar-refractivity contribution in [1.29, 1.82) is 0 Å². The van der Waals surface area contributed by atoms with Crippen molar-refractivity contribution < 1.29 is 0 Å². The summed E-state index contributed by atoms with van der Waals surface area (Å²) < 4.78 is 0. The third-order valence-electron chi connectivity index (χ3n) is 3.65. The van der Waals surface area contributed by atoms with Crippen LogP contribution in [-0.2, 0) is 0 Å². The van der Waals surface area contributed by atoms with Crippen LogP contribution in [0.4, 0.5) is 5.69 Å². The number of rotatable bonds is 0. The molecule has 19 heavy (non-hydrogen) atoms. The molecule has 0 aromatic heterocycles. The second kappa shape index (κ2) is 3.63. The Balaban J connectivity index is 2.48. The average Bonchev–Trinajstić information content (AvgIpc) is 2.47. The summed E-state index contributed by atoms with van der Waals surface area (Å²) in [5.41, 5.74) is 7.00. The first-order chi connectivity index (χ1) is 9.36. The van der Waals surface area contributed by atoms with Crippen molar-refractivity contribution in [3.8, 4) is 0 Å². The molecule has 1 heteroatoms. The van der Waals surface area contributed by atoms with E-state index in [0.717, 1.165) is 21.8 Å². The Labute approximate surface area is 111 Å². The largest absolute Gasteiger partial charge is 0.398 e. The fourth-order valence-corrected chi connectivity index (χ4v) is 2.84. The van der Waals surface area contributed by atoms with Gasteiger partial charge in [0.15, 0.2) is 0 Å². The number of benzene rings is 3. The molecule has 4 rings (SSSR count). The average molecular weight is 241 g/mol. The third kappa shape index (κ3) is 1.31. The summed E-state index contributed by atoms with van der Waals surface area (Å²) in [6.45, 7) is 0. The minimum Gasteiger partial charge on any atom is -0.398 e. The lowest BCUT2D eigenvalue weighted by atomic mass is 9.94. The van der Waals surface area contributed by atoms with Gasteiger partial charge in [-0.25, -0.2) is 0 Å². The zero-order valence-electron chi connectivity index (χ0n) is 10.3. The van der Waals surface area contributed by atoms with E-state index >= 15 is 0 Å². The molecule has 0 saturated heterocycles. The van der Waals surface area contributed by atoms with Gasteiger partial charge in [0.1, 0.15) is 0 Å². The van der Waals surface area contributed by atoms with Gasteiger partial charge in [0.25, 0.3) is 0 Å². The molecule has 0 unspecified atom stereocenters. The summed E-state index contributed by atoms with van der Waals surface area (Å²) in [4.78, 5) is 0. The molecule has 0 heterocycles. The summed E-state index contributed by atoms with van der Waals surface area (Å²) in [5.74, 6) is 0. The summed E-state index contributed by atoms with van der Waals surface area (Å²) in [6, 6.07) is 24.7. The summed E-state index contributed by atoms with van der Waals surface area (Å²) >= 11 is 0. The van der Waals surface area contributed by atoms with Gasteiger partial charge in [-0.3, -0.25) is 0 Å². The second-order valence-corrected chi connectivity index (χ2v) is 4.71. The van der Waals surface area contributed by atoms with Gasteiger partial charge >= 0.3 is 0 Å². The molecule has 4 aromatic rings. The number of anilines is 1. The first kappa shape index (κ1) is 10.2. The van der Waals surface area contributed by atoms with Crippen LogP contribution in [0, 0.1) is 12.1 Å². The molecule has 0 radical (unpaired) electrons. The number of nitrogen functional groups attached to an aromatic ring is 1. The molecule has 0 aliphatic rings. The SMILES string of the molecule is Nc1cccc2c3ccccc3c3c#cccc3c12. The zero-order valence-corrected chi connectivity index (χ0v) is 10.3. The van der Waals surface area contributed by atoms with E-state index in [1.807, 2.05) is 18.2 Å². The number of fused-ring (bicyclic) bond motifs is 6. The summed E-state index contributed by atoms with van der Waals surface area (Å²) in [7, 11) is 0. The first-order valence-corrected chi connectivity index (χ1v) is 6.27.